The number of hydrogen-bond acceptors (Lipinski definition) is 3. The van der Waals surface area contributed by atoms with E-state index < -0.39 is 0 Å². The molecule has 2 heterocycles. The molecule has 110 valence electrons. The molecule has 0 radical (unpaired) electrons. The molecule has 0 spiro atoms. The number of carbonyl (C=O) groups excluding carboxylic acids is 1. The summed E-state index contributed by atoms with van der Waals surface area (Å²) in [5, 5.41) is 0. The van der Waals surface area contributed by atoms with E-state index >= 15 is 0 Å². The normalized spacial score (nSPS) is 22.4. The molecule has 2 saturated heterocycles. The molecule has 2 rings (SSSR count). The van der Waals surface area contributed by atoms with Crippen molar-refractivity contribution in [3.05, 3.63) is 0 Å². The third kappa shape index (κ3) is 4.77. The summed E-state index contributed by atoms with van der Waals surface area (Å²) < 4.78 is 5.39. The lowest BCUT2D eigenvalue weighted by Gasteiger charge is -2.34. The van der Waals surface area contributed by atoms with Crippen molar-refractivity contribution in [2.75, 3.05) is 39.3 Å². The zero-order chi connectivity index (χ0) is 13.7. The molecule has 2 aliphatic rings. The zero-order valence-electron chi connectivity index (χ0n) is 12.4. The van der Waals surface area contributed by atoms with Crippen molar-refractivity contribution >= 4 is 5.91 Å². The van der Waals surface area contributed by atoms with Crippen LogP contribution in [-0.4, -0.2) is 61.1 Å². The summed E-state index contributed by atoms with van der Waals surface area (Å²) in [6.45, 7) is 9.81. The van der Waals surface area contributed by atoms with Gasteiger partial charge in [0.15, 0.2) is 0 Å². The van der Waals surface area contributed by atoms with Crippen LogP contribution in [0.3, 0.4) is 0 Å². The highest BCUT2D eigenvalue weighted by Gasteiger charge is 2.25. The van der Waals surface area contributed by atoms with Gasteiger partial charge in [0.2, 0.25) is 5.91 Å². The second-order valence-electron chi connectivity index (χ2n) is 6.19. The minimum absolute atomic E-state index is 0.136. The maximum absolute atomic E-state index is 11.9. The summed E-state index contributed by atoms with van der Waals surface area (Å²) in [6, 6.07) is 0. The fourth-order valence-electron chi connectivity index (χ4n) is 3.02. The van der Waals surface area contributed by atoms with Crippen LogP contribution in [0.25, 0.3) is 0 Å². The summed E-state index contributed by atoms with van der Waals surface area (Å²) in [7, 11) is 0. The second kappa shape index (κ2) is 7.25. The average Bonchev–Trinajstić information content (AvgIpc) is 2.89. The van der Waals surface area contributed by atoms with Gasteiger partial charge in [-0.25, -0.2) is 0 Å². The van der Waals surface area contributed by atoms with Crippen LogP contribution in [0.4, 0.5) is 0 Å². The zero-order valence-corrected chi connectivity index (χ0v) is 12.4. The molecule has 0 aromatic rings. The lowest BCUT2D eigenvalue weighted by molar-refractivity contribution is -0.139. The largest absolute Gasteiger partial charge is 0.369 e. The third-order valence-corrected chi connectivity index (χ3v) is 4.22. The summed E-state index contributed by atoms with van der Waals surface area (Å²) in [5.41, 5.74) is 0. The van der Waals surface area contributed by atoms with Crippen LogP contribution in [0.2, 0.25) is 0 Å². The van der Waals surface area contributed by atoms with Gasteiger partial charge in [-0.15, -0.1) is 0 Å². The lowest BCUT2D eigenvalue weighted by atomic mass is 9.96. The first-order valence-corrected chi connectivity index (χ1v) is 7.77. The first kappa shape index (κ1) is 14.8. The van der Waals surface area contributed by atoms with Gasteiger partial charge in [-0.1, -0.05) is 0 Å². The van der Waals surface area contributed by atoms with Crippen molar-refractivity contribution in [3.63, 3.8) is 0 Å². The SMILES string of the molecule is CC(C)OCC(=O)N1CCC(CN2CCCC2)CC1. The number of piperidine rings is 1. The van der Waals surface area contributed by atoms with Crippen LogP contribution < -0.4 is 0 Å². The Labute approximate surface area is 117 Å². The second-order valence-corrected chi connectivity index (χ2v) is 6.19. The minimum atomic E-state index is 0.136. The van der Waals surface area contributed by atoms with Crippen molar-refractivity contribution in [3.8, 4) is 0 Å². The first-order chi connectivity index (χ1) is 9.15. The Balaban J connectivity index is 1.65. The highest BCUT2D eigenvalue weighted by Crippen LogP contribution is 2.20. The summed E-state index contributed by atoms with van der Waals surface area (Å²) >= 11 is 0. The van der Waals surface area contributed by atoms with Gasteiger partial charge in [0.1, 0.15) is 6.61 Å². The fourth-order valence-corrected chi connectivity index (χ4v) is 3.02. The smallest absolute Gasteiger partial charge is 0.248 e. The maximum atomic E-state index is 11.9. The number of carbonyl (C=O) groups is 1. The maximum Gasteiger partial charge on any atom is 0.248 e. The van der Waals surface area contributed by atoms with Gasteiger partial charge < -0.3 is 14.5 Å². The fraction of sp³-hybridized carbons (Fsp3) is 0.933. The topological polar surface area (TPSA) is 32.8 Å². The summed E-state index contributed by atoms with van der Waals surface area (Å²) in [4.78, 5) is 16.5. The van der Waals surface area contributed by atoms with E-state index in [1.165, 1.54) is 32.5 Å². The monoisotopic (exact) mass is 268 g/mol. The van der Waals surface area contributed by atoms with Crippen LogP contribution in [0, 0.1) is 5.92 Å². The van der Waals surface area contributed by atoms with Gasteiger partial charge in [-0.2, -0.15) is 0 Å². The van der Waals surface area contributed by atoms with Gasteiger partial charge in [-0.05, 0) is 58.5 Å². The Morgan fingerprint density at radius 3 is 2.37 bits per heavy atom. The van der Waals surface area contributed by atoms with Crippen LogP contribution >= 0.6 is 0 Å². The van der Waals surface area contributed by atoms with Crippen LogP contribution in [0.15, 0.2) is 0 Å². The molecular formula is C15H28N2O2. The van der Waals surface area contributed by atoms with E-state index in [0.29, 0.717) is 0 Å². The molecule has 0 bridgehead atoms. The Morgan fingerprint density at radius 1 is 1.16 bits per heavy atom. The lowest BCUT2D eigenvalue weighted by Crippen LogP contribution is -2.42. The van der Waals surface area contributed by atoms with Crippen molar-refractivity contribution < 1.29 is 9.53 Å². The molecule has 0 atom stereocenters. The van der Waals surface area contributed by atoms with E-state index in [2.05, 4.69) is 4.90 Å². The molecule has 4 heteroatoms. The molecule has 19 heavy (non-hydrogen) atoms. The van der Waals surface area contributed by atoms with Crippen LogP contribution in [-0.2, 0) is 9.53 Å². The number of ether oxygens (including phenoxy) is 1. The molecule has 2 aliphatic heterocycles. The van der Waals surface area contributed by atoms with Crippen molar-refractivity contribution in [2.24, 2.45) is 5.92 Å². The predicted octanol–water partition coefficient (Wildman–Crippen LogP) is 1.75. The summed E-state index contributed by atoms with van der Waals surface area (Å²) in [6.07, 6.45) is 5.18. The molecule has 0 aliphatic carbocycles. The van der Waals surface area contributed by atoms with E-state index in [1.54, 1.807) is 0 Å². The highest BCUT2D eigenvalue weighted by molar-refractivity contribution is 5.77. The Bertz CT molecular complexity index is 280. The van der Waals surface area contributed by atoms with Crippen molar-refractivity contribution in [2.45, 2.75) is 45.6 Å². The number of likely N-dealkylation sites (tertiary alicyclic amines) is 2. The molecule has 0 N–H and O–H groups in total. The molecule has 0 saturated carbocycles. The van der Waals surface area contributed by atoms with E-state index in [0.717, 1.165) is 31.8 Å². The highest BCUT2D eigenvalue weighted by atomic mass is 16.5. The van der Waals surface area contributed by atoms with Gasteiger partial charge >= 0.3 is 0 Å². The van der Waals surface area contributed by atoms with E-state index in [9.17, 15) is 4.79 Å². The molecule has 1 amide bonds. The first-order valence-electron chi connectivity index (χ1n) is 7.77. The van der Waals surface area contributed by atoms with Crippen molar-refractivity contribution in [1.29, 1.82) is 0 Å². The minimum Gasteiger partial charge on any atom is -0.369 e. The quantitative estimate of drug-likeness (QED) is 0.761. The van der Waals surface area contributed by atoms with E-state index in [-0.39, 0.29) is 18.6 Å². The van der Waals surface area contributed by atoms with Crippen LogP contribution in [0.5, 0.6) is 0 Å². The predicted molar refractivity (Wildman–Crippen MR) is 76.1 cm³/mol. The Kier molecular flexibility index (Phi) is 5.64. The van der Waals surface area contributed by atoms with Gasteiger partial charge in [0.25, 0.3) is 0 Å². The summed E-state index contributed by atoms with van der Waals surface area (Å²) in [5.74, 6) is 0.946. The average molecular weight is 268 g/mol. The number of amides is 1. The van der Waals surface area contributed by atoms with Crippen molar-refractivity contribution in [1.82, 2.24) is 9.80 Å². The van der Waals surface area contributed by atoms with Gasteiger partial charge in [0.05, 0.1) is 6.10 Å². The van der Waals surface area contributed by atoms with Crippen LogP contribution in [0.1, 0.15) is 39.5 Å². The Hall–Kier alpha value is -0.610. The molecule has 2 fully saturated rings. The number of hydrogen-bond donors (Lipinski definition) is 0. The molecule has 0 unspecified atom stereocenters. The standard InChI is InChI=1S/C15H28N2O2/c1-13(2)19-12-15(18)17-9-5-14(6-10-17)11-16-7-3-4-8-16/h13-14H,3-12H2,1-2H3. The Morgan fingerprint density at radius 2 is 1.79 bits per heavy atom. The number of nitrogens with zero attached hydrogens (tertiary/aromatic N) is 2. The van der Waals surface area contributed by atoms with E-state index in [1.807, 2.05) is 18.7 Å². The van der Waals surface area contributed by atoms with E-state index in [4.69, 9.17) is 4.74 Å². The number of rotatable bonds is 5. The molecule has 0 aromatic heterocycles. The molecule has 0 aromatic carbocycles. The van der Waals surface area contributed by atoms with Gasteiger partial charge in [-0.3, -0.25) is 4.79 Å². The molecule has 4 nitrogen and oxygen atoms in total. The molecular weight excluding hydrogens is 240 g/mol. The third-order valence-electron chi connectivity index (χ3n) is 4.22. The van der Waals surface area contributed by atoms with Gasteiger partial charge in [0, 0.05) is 19.6 Å².